The maximum atomic E-state index is 12.1. The van der Waals surface area contributed by atoms with E-state index in [-0.39, 0.29) is 18.3 Å². The minimum absolute atomic E-state index is 0.170. The van der Waals surface area contributed by atoms with Crippen LogP contribution < -0.4 is 10.1 Å². The highest BCUT2D eigenvalue weighted by molar-refractivity contribution is 7.99. The molecular formula is C17H19ClN6O2S2. The van der Waals surface area contributed by atoms with Gasteiger partial charge in [0.15, 0.2) is 11.0 Å². The summed E-state index contributed by atoms with van der Waals surface area (Å²) in [5.41, 5.74) is 1.06. The Morgan fingerprint density at radius 1 is 1.32 bits per heavy atom. The van der Waals surface area contributed by atoms with Crippen molar-refractivity contribution >= 4 is 45.7 Å². The van der Waals surface area contributed by atoms with Crippen molar-refractivity contribution in [1.29, 1.82) is 0 Å². The molecule has 1 N–H and O–H groups in total. The molecule has 0 aliphatic rings. The lowest BCUT2D eigenvalue weighted by molar-refractivity contribution is -0.113. The van der Waals surface area contributed by atoms with Gasteiger partial charge in [0.2, 0.25) is 11.0 Å². The predicted octanol–water partition coefficient (Wildman–Crippen LogP) is 3.50. The minimum Gasteiger partial charge on any atom is -0.484 e. The van der Waals surface area contributed by atoms with Gasteiger partial charge >= 0.3 is 0 Å². The fraction of sp³-hybridized carbons (Fsp3) is 0.353. The first-order chi connectivity index (χ1) is 13.5. The van der Waals surface area contributed by atoms with Gasteiger partial charge in [0.1, 0.15) is 17.4 Å². The van der Waals surface area contributed by atoms with Crippen LogP contribution >= 0.6 is 34.7 Å². The lowest BCUT2D eigenvalue weighted by atomic mass is 10.2. The number of carbonyl (C=O) groups excluding carboxylic acids is 1. The third kappa shape index (κ3) is 5.21. The fourth-order valence-corrected chi connectivity index (χ4v) is 3.79. The van der Waals surface area contributed by atoms with Crippen molar-refractivity contribution in [3.05, 3.63) is 39.6 Å². The zero-order valence-corrected chi connectivity index (χ0v) is 18.0. The largest absolute Gasteiger partial charge is 0.484 e. The number of nitrogens with zero attached hydrogens (tertiary/aromatic N) is 5. The Morgan fingerprint density at radius 3 is 2.89 bits per heavy atom. The molecule has 3 aromatic rings. The number of carbonyl (C=O) groups is 1. The summed E-state index contributed by atoms with van der Waals surface area (Å²) in [6.07, 6.45) is 0.792. The Balaban J connectivity index is 1.54. The van der Waals surface area contributed by atoms with Gasteiger partial charge in [0.05, 0.1) is 10.8 Å². The van der Waals surface area contributed by atoms with E-state index in [1.807, 2.05) is 33.0 Å². The Bertz CT molecular complexity index is 974. The van der Waals surface area contributed by atoms with Crippen molar-refractivity contribution in [2.75, 3.05) is 11.1 Å². The number of benzene rings is 1. The average Bonchev–Trinajstić information content (AvgIpc) is 3.27. The highest BCUT2D eigenvalue weighted by atomic mass is 35.5. The van der Waals surface area contributed by atoms with Gasteiger partial charge in [0, 0.05) is 7.05 Å². The highest BCUT2D eigenvalue weighted by Crippen LogP contribution is 2.26. The molecule has 8 nitrogen and oxygen atoms in total. The van der Waals surface area contributed by atoms with Crippen molar-refractivity contribution in [2.45, 2.75) is 32.0 Å². The fourth-order valence-electron chi connectivity index (χ4n) is 2.19. The number of nitrogens with one attached hydrogen (secondary N) is 1. The highest BCUT2D eigenvalue weighted by Gasteiger charge is 2.14. The summed E-state index contributed by atoms with van der Waals surface area (Å²) in [6.45, 7) is 4.18. The van der Waals surface area contributed by atoms with Crippen molar-refractivity contribution < 1.29 is 9.53 Å². The molecule has 0 atom stereocenters. The van der Waals surface area contributed by atoms with Crippen LogP contribution in [0, 0.1) is 6.92 Å². The molecule has 1 aromatic carbocycles. The SMILES string of the molecule is CCc1nnc(NC(=O)CSc2nnc(COc3cc(C)ccc3Cl)n2C)s1. The summed E-state index contributed by atoms with van der Waals surface area (Å²) in [6, 6.07) is 5.59. The van der Waals surface area contributed by atoms with Crippen molar-refractivity contribution in [2.24, 2.45) is 7.05 Å². The van der Waals surface area contributed by atoms with Crippen LogP contribution in [0.1, 0.15) is 23.3 Å². The quantitative estimate of drug-likeness (QED) is 0.537. The molecule has 28 heavy (non-hydrogen) atoms. The molecule has 0 radical (unpaired) electrons. The van der Waals surface area contributed by atoms with Gasteiger partial charge in [-0.3, -0.25) is 10.1 Å². The summed E-state index contributed by atoms with van der Waals surface area (Å²) in [5.74, 6) is 1.26. The predicted molar refractivity (Wildman–Crippen MR) is 110 cm³/mol. The van der Waals surface area contributed by atoms with Gasteiger partial charge in [-0.25, -0.2) is 0 Å². The van der Waals surface area contributed by atoms with Crippen LogP contribution in [0.4, 0.5) is 5.13 Å². The molecule has 0 aliphatic heterocycles. The molecule has 0 fully saturated rings. The molecule has 0 spiro atoms. The number of halogens is 1. The van der Waals surface area contributed by atoms with Crippen LogP contribution in [-0.4, -0.2) is 36.6 Å². The third-order valence-corrected chi connectivity index (χ3v) is 6.03. The number of amides is 1. The summed E-state index contributed by atoms with van der Waals surface area (Å²) >= 11 is 8.80. The lowest BCUT2D eigenvalue weighted by Crippen LogP contribution is -2.14. The molecule has 0 bridgehead atoms. The zero-order valence-electron chi connectivity index (χ0n) is 15.6. The minimum atomic E-state index is -0.170. The molecular weight excluding hydrogens is 420 g/mol. The van der Waals surface area contributed by atoms with Gasteiger partial charge in [-0.1, -0.05) is 47.7 Å². The summed E-state index contributed by atoms with van der Waals surface area (Å²) < 4.78 is 7.55. The Labute approximate surface area is 175 Å². The number of anilines is 1. The number of hydrogen-bond donors (Lipinski definition) is 1. The van der Waals surface area contributed by atoms with E-state index < -0.39 is 0 Å². The van der Waals surface area contributed by atoms with Crippen LogP contribution in [0.3, 0.4) is 0 Å². The monoisotopic (exact) mass is 438 g/mol. The molecule has 2 heterocycles. The Kier molecular flexibility index (Phi) is 6.87. The number of hydrogen-bond acceptors (Lipinski definition) is 8. The zero-order chi connectivity index (χ0) is 20.1. The standard InChI is InChI=1S/C17H19ClN6O2S2/c1-4-15-21-22-16(28-15)19-14(25)9-27-17-23-20-13(24(17)3)8-26-12-7-10(2)5-6-11(12)18/h5-7H,4,8-9H2,1-3H3,(H,19,22,25). The summed E-state index contributed by atoms with van der Waals surface area (Å²) in [7, 11) is 1.83. The molecule has 0 aliphatic carbocycles. The second-order valence-electron chi connectivity index (χ2n) is 5.87. The number of thioether (sulfide) groups is 1. The van der Waals surface area contributed by atoms with Crippen LogP contribution in [0.5, 0.6) is 5.75 Å². The Hall–Kier alpha value is -2.17. The first-order valence-electron chi connectivity index (χ1n) is 8.48. The first-order valence-corrected chi connectivity index (χ1v) is 10.7. The van der Waals surface area contributed by atoms with E-state index in [0.717, 1.165) is 17.0 Å². The van der Waals surface area contributed by atoms with E-state index in [2.05, 4.69) is 25.7 Å². The number of aromatic nitrogens is 5. The van der Waals surface area contributed by atoms with Crippen molar-refractivity contribution in [3.63, 3.8) is 0 Å². The smallest absolute Gasteiger partial charge is 0.236 e. The maximum absolute atomic E-state index is 12.1. The van der Waals surface area contributed by atoms with Gasteiger partial charge in [-0.15, -0.1) is 20.4 Å². The van der Waals surface area contributed by atoms with Gasteiger partial charge in [-0.2, -0.15) is 0 Å². The first kappa shape index (κ1) is 20.6. The number of aryl methyl sites for hydroxylation is 2. The second kappa shape index (κ2) is 9.35. The molecule has 0 saturated heterocycles. The lowest BCUT2D eigenvalue weighted by Gasteiger charge is -2.08. The normalized spacial score (nSPS) is 10.9. The van der Waals surface area contributed by atoms with Crippen molar-refractivity contribution in [1.82, 2.24) is 25.0 Å². The van der Waals surface area contributed by atoms with E-state index in [4.69, 9.17) is 16.3 Å². The van der Waals surface area contributed by atoms with Crippen LogP contribution in [0.25, 0.3) is 0 Å². The average molecular weight is 439 g/mol. The summed E-state index contributed by atoms with van der Waals surface area (Å²) in [5, 5.41) is 21.5. The molecule has 2 aromatic heterocycles. The van der Waals surface area contributed by atoms with Gasteiger partial charge < -0.3 is 9.30 Å². The van der Waals surface area contributed by atoms with E-state index in [1.54, 1.807) is 10.6 Å². The van der Waals surface area contributed by atoms with E-state index in [9.17, 15) is 4.79 Å². The molecule has 1 amide bonds. The van der Waals surface area contributed by atoms with Crippen LogP contribution in [-0.2, 0) is 24.9 Å². The van der Waals surface area contributed by atoms with E-state index in [1.165, 1.54) is 23.1 Å². The van der Waals surface area contributed by atoms with E-state index >= 15 is 0 Å². The van der Waals surface area contributed by atoms with Crippen LogP contribution in [0.15, 0.2) is 23.4 Å². The Morgan fingerprint density at radius 2 is 2.14 bits per heavy atom. The van der Waals surface area contributed by atoms with Gasteiger partial charge in [0.25, 0.3) is 0 Å². The molecule has 11 heteroatoms. The second-order valence-corrected chi connectivity index (χ2v) is 8.28. The molecule has 0 unspecified atom stereocenters. The number of rotatable bonds is 8. The molecule has 148 valence electrons. The topological polar surface area (TPSA) is 94.8 Å². The van der Waals surface area contributed by atoms with Crippen molar-refractivity contribution in [3.8, 4) is 5.75 Å². The molecule has 3 rings (SSSR count). The van der Waals surface area contributed by atoms with Crippen LogP contribution in [0.2, 0.25) is 5.02 Å². The molecule has 0 saturated carbocycles. The maximum Gasteiger partial charge on any atom is 0.236 e. The number of ether oxygens (including phenoxy) is 1. The van der Waals surface area contributed by atoms with E-state index in [0.29, 0.717) is 26.9 Å². The third-order valence-electron chi connectivity index (χ3n) is 3.72. The van der Waals surface area contributed by atoms with Gasteiger partial charge in [-0.05, 0) is 31.0 Å². The summed E-state index contributed by atoms with van der Waals surface area (Å²) in [4.78, 5) is 12.1.